The van der Waals surface area contributed by atoms with Crippen molar-refractivity contribution in [3.05, 3.63) is 65.7 Å². The van der Waals surface area contributed by atoms with Gasteiger partial charge < -0.3 is 20.3 Å². The summed E-state index contributed by atoms with van der Waals surface area (Å²) in [4.78, 5) is 38.8. The highest BCUT2D eigenvalue weighted by Crippen LogP contribution is 2.23. The normalized spacial score (nSPS) is 15.1. The van der Waals surface area contributed by atoms with Crippen molar-refractivity contribution < 1.29 is 27.9 Å². The molecule has 3 rings (SSSR count). The van der Waals surface area contributed by atoms with Gasteiger partial charge in [-0.2, -0.15) is 0 Å². The van der Waals surface area contributed by atoms with Gasteiger partial charge >= 0.3 is 12.0 Å². The number of carbonyl (C=O) groups is 3. The van der Waals surface area contributed by atoms with Gasteiger partial charge in [0.05, 0.1) is 7.11 Å². The van der Waals surface area contributed by atoms with E-state index in [1.54, 1.807) is 17.0 Å². The molecule has 9 heteroatoms. The van der Waals surface area contributed by atoms with E-state index in [9.17, 15) is 23.2 Å². The Morgan fingerprint density at radius 3 is 2.39 bits per heavy atom. The van der Waals surface area contributed by atoms with Gasteiger partial charge in [-0.3, -0.25) is 4.79 Å². The lowest BCUT2D eigenvalue weighted by Crippen LogP contribution is -2.46. The molecule has 0 bridgehead atoms. The number of piperidine rings is 1. The summed E-state index contributed by atoms with van der Waals surface area (Å²) < 4.78 is 32.4. The number of halogens is 2. The van der Waals surface area contributed by atoms with E-state index < -0.39 is 35.5 Å². The van der Waals surface area contributed by atoms with Gasteiger partial charge in [0.2, 0.25) is 5.91 Å². The minimum absolute atomic E-state index is 0.265. The van der Waals surface area contributed by atoms with Crippen LogP contribution in [0.5, 0.6) is 0 Å². The number of rotatable bonds is 5. The molecule has 0 saturated carbocycles. The Morgan fingerprint density at radius 1 is 1.06 bits per heavy atom. The summed E-state index contributed by atoms with van der Waals surface area (Å²) in [6, 6.07) is 9.95. The predicted octanol–water partition coefficient (Wildman–Crippen LogP) is 3.24. The Hall–Kier alpha value is -3.49. The molecule has 31 heavy (non-hydrogen) atoms. The smallest absolute Gasteiger partial charge is 0.333 e. The standard InChI is InChI=1S/C22H23F2N3O4/c1-31-21(29)19(17-13-15(23)7-8-18(17)24)26-20(28)14-9-11-27(12-10-14)22(30)25-16-5-3-2-4-6-16/h2-8,13-14,19H,9-12H2,1H3,(H,25,30)(H,26,28)/t19-/m0/s1. The van der Waals surface area contributed by atoms with Crippen molar-refractivity contribution in [1.82, 2.24) is 10.2 Å². The van der Waals surface area contributed by atoms with Crippen molar-refractivity contribution in [3.63, 3.8) is 0 Å². The molecule has 0 unspecified atom stereocenters. The van der Waals surface area contributed by atoms with E-state index in [0.717, 1.165) is 25.3 Å². The first-order chi connectivity index (χ1) is 14.9. The molecule has 0 spiro atoms. The summed E-state index contributed by atoms with van der Waals surface area (Å²) in [5.74, 6) is -3.44. The fourth-order valence-corrected chi connectivity index (χ4v) is 3.45. The molecule has 2 N–H and O–H groups in total. The second kappa shape index (κ2) is 10.0. The van der Waals surface area contributed by atoms with Crippen LogP contribution in [0.4, 0.5) is 19.3 Å². The molecule has 164 valence electrons. The number of hydrogen-bond donors (Lipinski definition) is 2. The number of anilines is 1. The van der Waals surface area contributed by atoms with Crippen LogP contribution in [-0.4, -0.2) is 43.0 Å². The highest BCUT2D eigenvalue weighted by atomic mass is 19.1. The first-order valence-corrected chi connectivity index (χ1v) is 9.83. The van der Waals surface area contributed by atoms with Crippen LogP contribution in [0.2, 0.25) is 0 Å². The minimum Gasteiger partial charge on any atom is -0.467 e. The highest BCUT2D eigenvalue weighted by molar-refractivity contribution is 5.90. The zero-order chi connectivity index (χ0) is 22.4. The van der Waals surface area contributed by atoms with Crippen LogP contribution in [0.25, 0.3) is 0 Å². The topological polar surface area (TPSA) is 87.7 Å². The van der Waals surface area contributed by atoms with Gasteiger partial charge in [0.15, 0.2) is 6.04 Å². The lowest BCUT2D eigenvalue weighted by molar-refractivity contribution is -0.146. The number of esters is 1. The number of methoxy groups -OCH3 is 1. The molecule has 3 amide bonds. The summed E-state index contributed by atoms with van der Waals surface area (Å²) in [5.41, 5.74) is 0.366. The van der Waals surface area contributed by atoms with Gasteiger partial charge in [-0.15, -0.1) is 0 Å². The molecule has 7 nitrogen and oxygen atoms in total. The van der Waals surface area contributed by atoms with Crippen LogP contribution >= 0.6 is 0 Å². The van der Waals surface area contributed by atoms with Gasteiger partial charge in [0.1, 0.15) is 11.6 Å². The summed E-state index contributed by atoms with van der Waals surface area (Å²) in [6.45, 7) is 0.682. The third kappa shape index (κ3) is 5.56. The maximum atomic E-state index is 14.2. The van der Waals surface area contributed by atoms with Crippen LogP contribution in [-0.2, 0) is 14.3 Å². The van der Waals surface area contributed by atoms with Crippen molar-refractivity contribution in [1.29, 1.82) is 0 Å². The van der Waals surface area contributed by atoms with Gasteiger partial charge in [0.25, 0.3) is 0 Å². The molecule has 1 fully saturated rings. The van der Waals surface area contributed by atoms with E-state index >= 15 is 0 Å². The Bertz CT molecular complexity index is 947. The molecule has 0 radical (unpaired) electrons. The van der Waals surface area contributed by atoms with Gasteiger partial charge in [-0.25, -0.2) is 18.4 Å². The Kier molecular flexibility index (Phi) is 7.17. The van der Waals surface area contributed by atoms with E-state index in [1.165, 1.54) is 0 Å². The number of nitrogens with zero attached hydrogens (tertiary/aromatic N) is 1. The SMILES string of the molecule is COC(=O)[C@@H](NC(=O)C1CCN(C(=O)Nc2ccccc2)CC1)c1cc(F)ccc1F. The zero-order valence-electron chi connectivity index (χ0n) is 16.9. The van der Waals surface area contributed by atoms with Crippen LogP contribution in [0.3, 0.4) is 0 Å². The minimum atomic E-state index is -1.47. The Labute approximate surface area is 178 Å². The number of ether oxygens (including phenoxy) is 1. The third-order valence-electron chi connectivity index (χ3n) is 5.17. The second-order valence-electron chi connectivity index (χ2n) is 7.19. The number of likely N-dealkylation sites (tertiary alicyclic amines) is 1. The number of para-hydroxylation sites is 1. The van der Waals surface area contributed by atoms with Crippen molar-refractivity contribution in [2.24, 2.45) is 5.92 Å². The third-order valence-corrected chi connectivity index (χ3v) is 5.17. The van der Waals surface area contributed by atoms with Gasteiger partial charge in [0, 0.05) is 30.3 Å². The average Bonchev–Trinajstić information content (AvgIpc) is 2.79. The number of urea groups is 1. The Morgan fingerprint density at radius 2 is 1.74 bits per heavy atom. The number of hydrogen-bond acceptors (Lipinski definition) is 4. The first kappa shape index (κ1) is 22.2. The molecule has 1 saturated heterocycles. The second-order valence-corrected chi connectivity index (χ2v) is 7.19. The largest absolute Gasteiger partial charge is 0.467 e. The summed E-state index contributed by atoms with van der Waals surface area (Å²) >= 11 is 0. The van der Waals surface area contributed by atoms with Crippen LogP contribution in [0.15, 0.2) is 48.5 Å². The van der Waals surface area contributed by atoms with Gasteiger partial charge in [-0.05, 0) is 43.2 Å². The van der Waals surface area contributed by atoms with Gasteiger partial charge in [-0.1, -0.05) is 18.2 Å². The highest BCUT2D eigenvalue weighted by Gasteiger charge is 2.32. The molecule has 0 aliphatic carbocycles. The van der Waals surface area contributed by atoms with Crippen molar-refractivity contribution >= 4 is 23.6 Å². The lowest BCUT2D eigenvalue weighted by atomic mass is 9.95. The number of benzene rings is 2. The molecule has 1 aliphatic heterocycles. The van der Waals surface area contributed by atoms with E-state index in [0.29, 0.717) is 31.6 Å². The molecule has 1 aliphatic rings. The van der Waals surface area contributed by atoms with E-state index in [1.807, 2.05) is 18.2 Å². The van der Waals surface area contributed by atoms with E-state index in [-0.39, 0.29) is 11.6 Å². The summed E-state index contributed by atoms with van der Waals surface area (Å²) in [6.07, 6.45) is 0.737. The van der Waals surface area contributed by atoms with Crippen LogP contribution < -0.4 is 10.6 Å². The molecule has 1 atom stereocenters. The number of nitrogens with one attached hydrogen (secondary N) is 2. The molecular weight excluding hydrogens is 408 g/mol. The molecule has 2 aromatic rings. The monoisotopic (exact) mass is 431 g/mol. The summed E-state index contributed by atoms with van der Waals surface area (Å²) in [5, 5.41) is 5.26. The maximum absolute atomic E-state index is 14.2. The number of amides is 3. The fraction of sp³-hybridized carbons (Fsp3) is 0.318. The molecule has 0 aromatic heterocycles. The van der Waals surface area contributed by atoms with E-state index in [4.69, 9.17) is 0 Å². The predicted molar refractivity (Wildman–Crippen MR) is 109 cm³/mol. The maximum Gasteiger partial charge on any atom is 0.333 e. The average molecular weight is 431 g/mol. The quantitative estimate of drug-likeness (QED) is 0.712. The Balaban J connectivity index is 1.60. The summed E-state index contributed by atoms with van der Waals surface area (Å²) in [7, 11) is 1.10. The molecule has 2 aromatic carbocycles. The number of carbonyl (C=O) groups excluding carboxylic acids is 3. The lowest BCUT2D eigenvalue weighted by Gasteiger charge is -2.32. The fourth-order valence-electron chi connectivity index (χ4n) is 3.45. The van der Waals surface area contributed by atoms with Crippen molar-refractivity contribution in [2.45, 2.75) is 18.9 Å². The van der Waals surface area contributed by atoms with E-state index in [2.05, 4.69) is 15.4 Å². The van der Waals surface area contributed by atoms with Crippen LogP contribution in [0.1, 0.15) is 24.4 Å². The van der Waals surface area contributed by atoms with Crippen LogP contribution in [0, 0.1) is 17.6 Å². The zero-order valence-corrected chi connectivity index (χ0v) is 16.9. The molecule has 1 heterocycles. The first-order valence-electron chi connectivity index (χ1n) is 9.83. The molecular formula is C22H23F2N3O4. The van der Waals surface area contributed by atoms with Crippen molar-refractivity contribution in [3.8, 4) is 0 Å². The van der Waals surface area contributed by atoms with Crippen molar-refractivity contribution in [2.75, 3.05) is 25.5 Å².